The van der Waals surface area contributed by atoms with Gasteiger partial charge in [-0.3, -0.25) is 18.6 Å². The summed E-state index contributed by atoms with van der Waals surface area (Å²) >= 11 is 0. The van der Waals surface area contributed by atoms with Crippen LogP contribution < -0.4 is 0 Å². The lowest BCUT2D eigenvalue weighted by atomic mass is 10.1. The quantitative estimate of drug-likeness (QED) is 0.0472. The first-order valence-corrected chi connectivity index (χ1v) is 18.2. The second kappa shape index (κ2) is 29.1. The van der Waals surface area contributed by atoms with Crippen molar-refractivity contribution < 1.29 is 37.6 Å². The Kier molecular flexibility index (Phi) is 28.5. The summed E-state index contributed by atoms with van der Waals surface area (Å²) in [6.45, 7) is 3.85. The van der Waals surface area contributed by atoms with Crippen molar-refractivity contribution in [3.63, 3.8) is 0 Å². The number of unbranched alkanes of at least 4 members (excludes halogenated alkanes) is 20. The molecule has 244 valence electrons. The molecule has 41 heavy (non-hydrogen) atoms. The Labute approximate surface area is 251 Å². The molecule has 2 unspecified atom stereocenters. The van der Waals surface area contributed by atoms with Gasteiger partial charge in [0.15, 0.2) is 6.10 Å². The summed E-state index contributed by atoms with van der Waals surface area (Å²) in [7, 11) is -3.18. The Balaban J connectivity index is 4.10. The lowest BCUT2D eigenvalue weighted by Crippen LogP contribution is -2.29. The predicted octanol–water partition coefficient (Wildman–Crippen LogP) is 9.61. The van der Waals surface area contributed by atoms with E-state index >= 15 is 0 Å². The van der Waals surface area contributed by atoms with Gasteiger partial charge in [-0.1, -0.05) is 142 Å². The molecule has 2 atom stereocenters. The van der Waals surface area contributed by atoms with E-state index in [-0.39, 0.29) is 19.0 Å². The molecule has 0 aliphatic rings. The zero-order valence-corrected chi connectivity index (χ0v) is 27.6. The number of hydrogen-bond donors (Lipinski definition) is 1. The third kappa shape index (κ3) is 28.9. The fraction of sp³-hybridized carbons (Fsp3) is 0.938. The third-order valence-electron chi connectivity index (χ3n) is 7.35. The SMILES string of the molecule is CCCCCCCCCCCCCC(=O)OCC(COP(=O)(O)OC)OC(=O)CCCCCCCCCCCCC. The number of phosphoric ester groups is 1. The number of ether oxygens (including phenoxy) is 2. The Bertz CT molecular complexity index is 658. The zero-order chi connectivity index (χ0) is 30.4. The molecule has 0 fully saturated rings. The lowest BCUT2D eigenvalue weighted by molar-refractivity contribution is -0.161. The van der Waals surface area contributed by atoms with Gasteiger partial charge in [0, 0.05) is 20.0 Å². The smallest absolute Gasteiger partial charge is 0.462 e. The van der Waals surface area contributed by atoms with E-state index in [0.29, 0.717) is 6.42 Å². The van der Waals surface area contributed by atoms with Crippen LogP contribution >= 0.6 is 7.82 Å². The highest BCUT2D eigenvalue weighted by atomic mass is 31.2. The van der Waals surface area contributed by atoms with E-state index in [4.69, 9.17) is 14.0 Å². The van der Waals surface area contributed by atoms with Gasteiger partial charge in [0.25, 0.3) is 0 Å². The van der Waals surface area contributed by atoms with Crippen LogP contribution in [0.1, 0.15) is 168 Å². The molecule has 0 amide bonds. The number of hydrogen-bond acceptors (Lipinski definition) is 7. The molecule has 0 rings (SSSR count). The van der Waals surface area contributed by atoms with Gasteiger partial charge in [0.2, 0.25) is 0 Å². The van der Waals surface area contributed by atoms with E-state index in [0.717, 1.165) is 45.6 Å². The van der Waals surface area contributed by atoms with Gasteiger partial charge in [-0.2, -0.15) is 0 Å². The fourth-order valence-corrected chi connectivity index (χ4v) is 5.18. The summed E-state index contributed by atoms with van der Waals surface area (Å²) < 4.78 is 31.7. The summed E-state index contributed by atoms with van der Waals surface area (Å²) in [6.07, 6.45) is 25.8. The molecule has 0 aromatic rings. The summed E-state index contributed by atoms with van der Waals surface area (Å²) in [5, 5.41) is 0. The van der Waals surface area contributed by atoms with E-state index in [1.807, 2.05) is 0 Å². The summed E-state index contributed by atoms with van der Waals surface area (Å²) in [4.78, 5) is 34.1. The number of phosphoric acid groups is 1. The average molecular weight is 607 g/mol. The first-order chi connectivity index (χ1) is 19.8. The van der Waals surface area contributed by atoms with Gasteiger partial charge < -0.3 is 14.4 Å². The molecule has 0 saturated heterocycles. The molecule has 0 aromatic carbocycles. The molecule has 0 heterocycles. The molecular formula is C32H63O8P. The first-order valence-electron chi connectivity index (χ1n) is 16.7. The Hall–Kier alpha value is -0.950. The molecule has 0 saturated carbocycles. The van der Waals surface area contributed by atoms with E-state index in [9.17, 15) is 19.0 Å². The van der Waals surface area contributed by atoms with Crippen LogP contribution in [0, 0.1) is 0 Å². The number of rotatable bonds is 31. The molecule has 8 nitrogen and oxygen atoms in total. The Morgan fingerprint density at radius 1 is 0.585 bits per heavy atom. The van der Waals surface area contributed by atoms with Gasteiger partial charge in [-0.25, -0.2) is 4.57 Å². The van der Waals surface area contributed by atoms with Crippen molar-refractivity contribution in [2.45, 2.75) is 174 Å². The van der Waals surface area contributed by atoms with Crippen LogP contribution in [0.3, 0.4) is 0 Å². The minimum absolute atomic E-state index is 0.218. The Morgan fingerprint density at radius 2 is 0.951 bits per heavy atom. The van der Waals surface area contributed by atoms with Gasteiger partial charge in [0.1, 0.15) is 6.61 Å². The Morgan fingerprint density at radius 3 is 1.34 bits per heavy atom. The molecule has 0 aliphatic heterocycles. The van der Waals surface area contributed by atoms with Crippen molar-refractivity contribution in [2.75, 3.05) is 20.3 Å². The number of esters is 2. The highest BCUT2D eigenvalue weighted by Crippen LogP contribution is 2.42. The molecule has 0 radical (unpaired) electrons. The predicted molar refractivity (Wildman–Crippen MR) is 166 cm³/mol. The van der Waals surface area contributed by atoms with Crippen molar-refractivity contribution in [1.82, 2.24) is 0 Å². The van der Waals surface area contributed by atoms with Crippen molar-refractivity contribution in [3.8, 4) is 0 Å². The summed E-state index contributed by atoms with van der Waals surface area (Å²) in [5.41, 5.74) is 0. The lowest BCUT2D eigenvalue weighted by Gasteiger charge is -2.19. The maximum atomic E-state index is 12.4. The molecule has 0 aromatic heterocycles. The van der Waals surface area contributed by atoms with Crippen molar-refractivity contribution >= 4 is 19.8 Å². The number of carbonyl (C=O) groups is 2. The molecule has 0 spiro atoms. The van der Waals surface area contributed by atoms with Crippen LogP contribution in [0.15, 0.2) is 0 Å². The monoisotopic (exact) mass is 606 g/mol. The van der Waals surface area contributed by atoms with E-state index in [1.54, 1.807) is 0 Å². The van der Waals surface area contributed by atoms with Crippen LogP contribution in [-0.2, 0) is 32.7 Å². The molecular weight excluding hydrogens is 543 g/mol. The highest BCUT2D eigenvalue weighted by molar-refractivity contribution is 7.47. The third-order valence-corrected chi connectivity index (χ3v) is 8.29. The largest absolute Gasteiger partial charge is 0.472 e. The minimum atomic E-state index is -4.24. The summed E-state index contributed by atoms with van der Waals surface area (Å²) in [6, 6.07) is 0. The normalized spacial score (nSPS) is 13.6. The van der Waals surface area contributed by atoms with Gasteiger partial charge >= 0.3 is 19.8 Å². The maximum Gasteiger partial charge on any atom is 0.472 e. The van der Waals surface area contributed by atoms with Gasteiger partial charge in [-0.05, 0) is 12.8 Å². The maximum absolute atomic E-state index is 12.4. The second-order valence-electron chi connectivity index (χ2n) is 11.3. The number of carbonyl (C=O) groups excluding carboxylic acids is 2. The molecule has 9 heteroatoms. The second-order valence-corrected chi connectivity index (χ2v) is 12.9. The minimum Gasteiger partial charge on any atom is -0.462 e. The van der Waals surface area contributed by atoms with E-state index in [2.05, 4.69) is 18.4 Å². The van der Waals surface area contributed by atoms with Crippen molar-refractivity contribution in [3.05, 3.63) is 0 Å². The van der Waals surface area contributed by atoms with Gasteiger partial charge in [0.05, 0.1) is 6.61 Å². The summed E-state index contributed by atoms with van der Waals surface area (Å²) in [5.74, 6) is -0.799. The molecule has 0 bridgehead atoms. The van der Waals surface area contributed by atoms with Crippen LogP contribution in [0.5, 0.6) is 0 Å². The average Bonchev–Trinajstić information content (AvgIpc) is 2.96. The van der Waals surface area contributed by atoms with Crippen LogP contribution in [0.4, 0.5) is 0 Å². The zero-order valence-electron chi connectivity index (χ0n) is 26.7. The van der Waals surface area contributed by atoms with E-state index in [1.165, 1.54) is 103 Å². The topological polar surface area (TPSA) is 108 Å². The van der Waals surface area contributed by atoms with Gasteiger partial charge in [-0.15, -0.1) is 0 Å². The molecule has 1 N–H and O–H groups in total. The van der Waals surface area contributed by atoms with Crippen molar-refractivity contribution in [1.29, 1.82) is 0 Å². The van der Waals surface area contributed by atoms with Crippen molar-refractivity contribution in [2.24, 2.45) is 0 Å². The standard InChI is InChI=1S/C32H63O8P/c1-4-6-8-10-12-14-16-18-20-22-24-26-31(33)38-28-30(29-39-41(35,36)37-3)40-32(34)27-25-23-21-19-17-15-13-11-9-7-5-2/h30H,4-29H2,1-3H3,(H,35,36). The fourth-order valence-electron chi connectivity index (χ4n) is 4.72. The molecule has 0 aliphatic carbocycles. The van der Waals surface area contributed by atoms with E-state index < -0.39 is 26.5 Å². The van der Waals surface area contributed by atoms with Crippen LogP contribution in [0.25, 0.3) is 0 Å². The van der Waals surface area contributed by atoms with Crippen LogP contribution in [-0.4, -0.2) is 43.3 Å². The highest BCUT2D eigenvalue weighted by Gasteiger charge is 2.24. The first kappa shape index (κ1) is 40.1. The van der Waals surface area contributed by atoms with Crippen LogP contribution in [0.2, 0.25) is 0 Å².